The smallest absolute Gasteiger partial charge is 0.306 e. The van der Waals surface area contributed by atoms with Gasteiger partial charge in [0.25, 0.3) is 11.8 Å². The van der Waals surface area contributed by atoms with Gasteiger partial charge in [-0.15, -0.1) is 0 Å². The van der Waals surface area contributed by atoms with E-state index in [0.29, 0.717) is 30.6 Å². The number of hydrogen-bond acceptors (Lipinski definition) is 3. The van der Waals surface area contributed by atoms with Crippen LogP contribution in [0.5, 0.6) is 0 Å². The zero-order valence-electron chi connectivity index (χ0n) is 16.0. The Labute approximate surface area is 164 Å². The predicted octanol–water partition coefficient (Wildman–Crippen LogP) is 3.15. The molecule has 0 bridgehead atoms. The molecule has 0 spiro atoms. The molecule has 146 valence electrons. The lowest BCUT2D eigenvalue weighted by Gasteiger charge is -2.35. The van der Waals surface area contributed by atoms with Gasteiger partial charge in [0.15, 0.2) is 0 Å². The molecule has 1 fully saturated rings. The van der Waals surface area contributed by atoms with E-state index in [1.807, 2.05) is 37.3 Å². The van der Waals surface area contributed by atoms with Crippen molar-refractivity contribution in [1.82, 2.24) is 4.90 Å². The Morgan fingerprint density at radius 3 is 2.36 bits per heavy atom. The van der Waals surface area contributed by atoms with E-state index >= 15 is 0 Å². The van der Waals surface area contributed by atoms with E-state index < -0.39 is 11.9 Å². The molecule has 0 radical (unpaired) electrons. The molecule has 1 aliphatic rings. The van der Waals surface area contributed by atoms with Gasteiger partial charge < -0.3 is 14.9 Å². The number of benzene rings is 2. The van der Waals surface area contributed by atoms with Crippen LogP contribution in [0.4, 0.5) is 5.69 Å². The second-order valence-corrected chi connectivity index (χ2v) is 7.24. The highest BCUT2D eigenvalue weighted by Crippen LogP contribution is 2.25. The van der Waals surface area contributed by atoms with Crippen LogP contribution in [0.3, 0.4) is 0 Å². The molecule has 28 heavy (non-hydrogen) atoms. The van der Waals surface area contributed by atoms with Crippen molar-refractivity contribution in [1.29, 1.82) is 0 Å². The quantitative estimate of drug-likeness (QED) is 0.884. The lowest BCUT2D eigenvalue weighted by atomic mass is 9.87. The standard InChI is InChI=1S/C22H24N2O4/c1-15-14-24(12-11-19(15)22(27)28)21(26)17-8-6-7-16(13-17)20(25)23(2)18-9-4-3-5-10-18/h3-10,13,15,19H,11-12,14H2,1-2H3,(H,27,28). The Morgan fingerprint density at radius 1 is 1.04 bits per heavy atom. The summed E-state index contributed by atoms with van der Waals surface area (Å²) in [7, 11) is 1.70. The zero-order valence-corrected chi connectivity index (χ0v) is 16.0. The summed E-state index contributed by atoms with van der Waals surface area (Å²) < 4.78 is 0. The van der Waals surface area contributed by atoms with Gasteiger partial charge >= 0.3 is 5.97 Å². The van der Waals surface area contributed by atoms with Gasteiger partial charge in [0.1, 0.15) is 0 Å². The highest BCUT2D eigenvalue weighted by Gasteiger charge is 2.33. The zero-order chi connectivity index (χ0) is 20.3. The van der Waals surface area contributed by atoms with Crippen LogP contribution in [0.15, 0.2) is 54.6 Å². The first-order valence-electron chi connectivity index (χ1n) is 9.33. The van der Waals surface area contributed by atoms with E-state index in [0.717, 1.165) is 5.69 Å². The second kappa shape index (κ2) is 8.25. The van der Waals surface area contributed by atoms with Crippen LogP contribution in [-0.2, 0) is 4.79 Å². The minimum absolute atomic E-state index is 0.107. The Morgan fingerprint density at radius 2 is 1.71 bits per heavy atom. The van der Waals surface area contributed by atoms with Crippen LogP contribution in [0.1, 0.15) is 34.1 Å². The number of aliphatic carboxylic acids is 1. The average Bonchev–Trinajstić information content (AvgIpc) is 2.72. The van der Waals surface area contributed by atoms with Crippen molar-refractivity contribution in [2.24, 2.45) is 11.8 Å². The minimum atomic E-state index is -0.809. The number of hydrogen-bond donors (Lipinski definition) is 1. The topological polar surface area (TPSA) is 77.9 Å². The van der Waals surface area contributed by atoms with Gasteiger partial charge in [0.2, 0.25) is 0 Å². The Kier molecular flexibility index (Phi) is 5.78. The van der Waals surface area contributed by atoms with Crippen molar-refractivity contribution in [2.75, 3.05) is 25.0 Å². The molecule has 2 aromatic carbocycles. The molecular formula is C22H24N2O4. The lowest BCUT2D eigenvalue weighted by molar-refractivity contribution is -0.145. The number of carbonyl (C=O) groups excluding carboxylic acids is 2. The maximum Gasteiger partial charge on any atom is 0.306 e. The number of para-hydroxylation sites is 1. The van der Waals surface area contributed by atoms with E-state index in [9.17, 15) is 19.5 Å². The van der Waals surface area contributed by atoms with Crippen LogP contribution in [0.25, 0.3) is 0 Å². The average molecular weight is 380 g/mol. The summed E-state index contributed by atoms with van der Waals surface area (Å²) in [5, 5.41) is 9.25. The number of carboxylic acid groups (broad SMARTS) is 1. The molecule has 6 nitrogen and oxygen atoms in total. The number of likely N-dealkylation sites (tertiary alicyclic amines) is 1. The monoisotopic (exact) mass is 380 g/mol. The van der Waals surface area contributed by atoms with Crippen LogP contribution in [0, 0.1) is 11.8 Å². The molecule has 1 heterocycles. The predicted molar refractivity (Wildman–Crippen MR) is 106 cm³/mol. The van der Waals surface area contributed by atoms with E-state index in [1.54, 1.807) is 41.1 Å². The van der Waals surface area contributed by atoms with Crippen molar-refractivity contribution in [3.63, 3.8) is 0 Å². The van der Waals surface area contributed by atoms with E-state index in [2.05, 4.69) is 0 Å². The summed E-state index contributed by atoms with van der Waals surface area (Å²) in [5.41, 5.74) is 1.65. The van der Waals surface area contributed by atoms with Gasteiger partial charge in [-0.05, 0) is 42.7 Å². The first kappa shape index (κ1) is 19.6. The van der Waals surface area contributed by atoms with Crippen molar-refractivity contribution in [2.45, 2.75) is 13.3 Å². The summed E-state index contributed by atoms with van der Waals surface area (Å²) in [5.74, 6) is -1.71. The summed E-state index contributed by atoms with van der Waals surface area (Å²) in [6.45, 7) is 2.66. The van der Waals surface area contributed by atoms with Crippen LogP contribution >= 0.6 is 0 Å². The minimum Gasteiger partial charge on any atom is -0.481 e. The summed E-state index contributed by atoms with van der Waals surface area (Å²) in [6.07, 6.45) is 0.442. The van der Waals surface area contributed by atoms with E-state index in [-0.39, 0.29) is 17.7 Å². The third-order valence-electron chi connectivity index (χ3n) is 5.31. The SMILES string of the molecule is CC1CN(C(=O)c2cccc(C(=O)N(C)c3ccccc3)c2)CCC1C(=O)O. The van der Waals surface area contributed by atoms with E-state index in [1.165, 1.54) is 0 Å². The molecule has 0 aromatic heterocycles. The fourth-order valence-electron chi connectivity index (χ4n) is 3.63. The number of rotatable bonds is 4. The molecule has 0 aliphatic carbocycles. The normalized spacial score (nSPS) is 19.1. The van der Waals surface area contributed by atoms with Crippen LogP contribution in [0.2, 0.25) is 0 Å². The number of anilines is 1. The molecule has 1 aliphatic heterocycles. The molecule has 6 heteroatoms. The molecular weight excluding hydrogens is 356 g/mol. The molecule has 3 rings (SSSR count). The third-order valence-corrected chi connectivity index (χ3v) is 5.31. The number of carboxylic acids is 1. The van der Waals surface area contributed by atoms with Crippen molar-refractivity contribution < 1.29 is 19.5 Å². The molecule has 2 aromatic rings. The number of nitrogens with zero attached hydrogens (tertiary/aromatic N) is 2. The second-order valence-electron chi connectivity index (χ2n) is 7.24. The molecule has 1 saturated heterocycles. The first-order chi connectivity index (χ1) is 13.4. The summed E-state index contributed by atoms with van der Waals surface area (Å²) in [6, 6.07) is 16.0. The maximum absolute atomic E-state index is 12.9. The summed E-state index contributed by atoms with van der Waals surface area (Å²) in [4.78, 5) is 40.2. The molecule has 2 atom stereocenters. The molecule has 1 N–H and O–H groups in total. The Balaban J connectivity index is 1.75. The number of carbonyl (C=O) groups is 3. The highest BCUT2D eigenvalue weighted by molar-refractivity contribution is 6.07. The van der Waals surface area contributed by atoms with Gasteiger partial charge in [0, 0.05) is 37.0 Å². The van der Waals surface area contributed by atoms with E-state index in [4.69, 9.17) is 0 Å². The Hall–Kier alpha value is -3.15. The van der Waals surface area contributed by atoms with Crippen molar-refractivity contribution >= 4 is 23.5 Å². The van der Waals surface area contributed by atoms with Crippen molar-refractivity contribution in [3.8, 4) is 0 Å². The van der Waals surface area contributed by atoms with Gasteiger partial charge in [-0.1, -0.05) is 31.2 Å². The van der Waals surface area contributed by atoms with Gasteiger partial charge in [-0.25, -0.2) is 0 Å². The molecule has 0 saturated carbocycles. The first-order valence-corrected chi connectivity index (χ1v) is 9.33. The van der Waals surface area contributed by atoms with Gasteiger partial charge in [-0.2, -0.15) is 0 Å². The number of amides is 2. The van der Waals surface area contributed by atoms with Gasteiger partial charge in [-0.3, -0.25) is 14.4 Å². The Bertz CT molecular complexity index is 881. The molecule has 2 unspecified atom stereocenters. The number of piperidine rings is 1. The summed E-state index contributed by atoms with van der Waals surface area (Å²) >= 11 is 0. The molecule has 2 amide bonds. The highest BCUT2D eigenvalue weighted by atomic mass is 16.4. The lowest BCUT2D eigenvalue weighted by Crippen LogP contribution is -2.45. The fraction of sp³-hybridized carbons (Fsp3) is 0.318. The largest absolute Gasteiger partial charge is 0.481 e. The van der Waals surface area contributed by atoms with Gasteiger partial charge in [0.05, 0.1) is 5.92 Å². The van der Waals surface area contributed by atoms with Crippen LogP contribution in [-0.4, -0.2) is 47.9 Å². The maximum atomic E-state index is 12.9. The fourth-order valence-corrected chi connectivity index (χ4v) is 3.63. The third kappa shape index (κ3) is 4.06. The van der Waals surface area contributed by atoms with Crippen LogP contribution < -0.4 is 4.90 Å². The van der Waals surface area contributed by atoms with Crippen molar-refractivity contribution in [3.05, 3.63) is 65.7 Å².